The van der Waals surface area contributed by atoms with Gasteiger partial charge in [-0.05, 0) is 73.7 Å². The van der Waals surface area contributed by atoms with Gasteiger partial charge in [0, 0.05) is 6.54 Å². The number of piperidine rings is 1. The molecule has 1 heterocycles. The lowest BCUT2D eigenvalue weighted by atomic mass is 9.87. The smallest absolute Gasteiger partial charge is 0.123 e. The molecular weight excluding hydrogens is 308 g/mol. The van der Waals surface area contributed by atoms with Gasteiger partial charge in [0.1, 0.15) is 11.6 Å². The molecule has 0 aromatic heterocycles. The van der Waals surface area contributed by atoms with E-state index in [0.717, 1.165) is 50.0 Å². The molecule has 2 aromatic rings. The Bertz CT molecular complexity index is 634. The summed E-state index contributed by atoms with van der Waals surface area (Å²) in [5, 5.41) is 10.5. The van der Waals surface area contributed by atoms with Gasteiger partial charge in [-0.2, -0.15) is 0 Å². The highest BCUT2D eigenvalue weighted by Crippen LogP contribution is 2.30. The van der Waals surface area contributed by atoms with Crippen molar-refractivity contribution in [2.75, 3.05) is 19.6 Å². The van der Waals surface area contributed by atoms with Crippen LogP contribution in [0.15, 0.2) is 48.5 Å². The van der Waals surface area contributed by atoms with E-state index < -0.39 is 6.10 Å². The lowest BCUT2D eigenvalue weighted by Gasteiger charge is -2.34. The zero-order valence-corrected chi connectivity index (χ0v) is 13.7. The monoisotopic (exact) mass is 331 g/mol. The molecule has 4 heteroatoms. The first-order chi connectivity index (χ1) is 11.6. The number of hydrogen-bond donors (Lipinski definition) is 1. The van der Waals surface area contributed by atoms with Gasteiger partial charge in [-0.15, -0.1) is 0 Å². The number of aliphatic hydroxyl groups is 1. The van der Waals surface area contributed by atoms with Crippen molar-refractivity contribution >= 4 is 0 Å². The van der Waals surface area contributed by atoms with Crippen LogP contribution in [0, 0.1) is 17.6 Å². The van der Waals surface area contributed by atoms with E-state index in [1.165, 1.54) is 24.3 Å². The number of halogens is 2. The average molecular weight is 331 g/mol. The van der Waals surface area contributed by atoms with Crippen LogP contribution in [-0.4, -0.2) is 29.6 Å². The van der Waals surface area contributed by atoms with Gasteiger partial charge in [0.05, 0.1) is 6.10 Å². The highest BCUT2D eigenvalue weighted by Gasteiger charge is 2.26. The van der Waals surface area contributed by atoms with Crippen molar-refractivity contribution in [3.05, 3.63) is 71.3 Å². The van der Waals surface area contributed by atoms with E-state index in [1.807, 2.05) is 12.1 Å². The molecular formula is C20H23F2NO. The zero-order valence-electron chi connectivity index (χ0n) is 13.7. The minimum Gasteiger partial charge on any atom is -0.388 e. The van der Waals surface area contributed by atoms with Crippen molar-refractivity contribution in [1.29, 1.82) is 0 Å². The Morgan fingerprint density at radius 1 is 0.917 bits per heavy atom. The Balaban J connectivity index is 1.46. The van der Waals surface area contributed by atoms with Crippen molar-refractivity contribution in [1.82, 2.24) is 4.90 Å². The molecule has 0 bridgehead atoms. The summed E-state index contributed by atoms with van der Waals surface area (Å²) in [6, 6.07) is 12.8. The Labute approximate surface area is 141 Å². The number of hydrogen-bond acceptors (Lipinski definition) is 2. The molecule has 1 aliphatic heterocycles. The molecule has 3 rings (SSSR count). The fourth-order valence-electron chi connectivity index (χ4n) is 3.36. The second-order valence-corrected chi connectivity index (χ2v) is 6.55. The second-order valence-electron chi connectivity index (χ2n) is 6.55. The average Bonchev–Trinajstić information content (AvgIpc) is 2.62. The molecule has 1 aliphatic rings. The van der Waals surface area contributed by atoms with Crippen molar-refractivity contribution in [2.45, 2.75) is 25.4 Å². The first kappa shape index (κ1) is 17.1. The lowest BCUT2D eigenvalue weighted by molar-refractivity contribution is 0.0592. The van der Waals surface area contributed by atoms with Gasteiger partial charge in [-0.3, -0.25) is 0 Å². The standard InChI is InChI=1S/C20H23F2NO/c21-18-5-1-15(2-6-18)9-12-23-13-10-17(11-14-23)20(24)16-3-7-19(22)8-4-16/h1-8,17,20,24H,9-14H2/t20-/m1/s1. The summed E-state index contributed by atoms with van der Waals surface area (Å²) >= 11 is 0. The maximum absolute atomic E-state index is 13.0. The summed E-state index contributed by atoms with van der Waals surface area (Å²) in [4.78, 5) is 2.39. The Hall–Kier alpha value is -1.78. The van der Waals surface area contributed by atoms with Crippen LogP contribution < -0.4 is 0 Å². The molecule has 1 atom stereocenters. The van der Waals surface area contributed by atoms with Gasteiger partial charge in [0.15, 0.2) is 0 Å². The van der Waals surface area contributed by atoms with Gasteiger partial charge >= 0.3 is 0 Å². The van der Waals surface area contributed by atoms with Crippen molar-refractivity contribution in [3.63, 3.8) is 0 Å². The van der Waals surface area contributed by atoms with Crippen LogP contribution in [0.5, 0.6) is 0 Å². The number of likely N-dealkylation sites (tertiary alicyclic amines) is 1. The minimum atomic E-state index is -0.523. The number of nitrogens with zero attached hydrogens (tertiary/aromatic N) is 1. The fraction of sp³-hybridized carbons (Fsp3) is 0.400. The molecule has 0 saturated carbocycles. The van der Waals surface area contributed by atoms with E-state index in [1.54, 1.807) is 12.1 Å². The summed E-state index contributed by atoms with van der Waals surface area (Å²) in [5.41, 5.74) is 1.94. The van der Waals surface area contributed by atoms with E-state index in [2.05, 4.69) is 4.90 Å². The van der Waals surface area contributed by atoms with Gasteiger partial charge in [-0.25, -0.2) is 8.78 Å². The Morgan fingerprint density at radius 2 is 1.46 bits per heavy atom. The molecule has 0 aliphatic carbocycles. The molecule has 24 heavy (non-hydrogen) atoms. The molecule has 0 unspecified atom stereocenters. The van der Waals surface area contributed by atoms with Gasteiger partial charge < -0.3 is 10.0 Å². The van der Waals surface area contributed by atoms with Crippen molar-refractivity contribution in [2.24, 2.45) is 5.92 Å². The number of rotatable bonds is 5. The van der Waals surface area contributed by atoms with Crippen molar-refractivity contribution in [3.8, 4) is 0 Å². The molecule has 2 aromatic carbocycles. The van der Waals surface area contributed by atoms with Crippen LogP contribution in [0.2, 0.25) is 0 Å². The third-order valence-electron chi connectivity index (χ3n) is 4.92. The van der Waals surface area contributed by atoms with Crippen molar-refractivity contribution < 1.29 is 13.9 Å². The molecule has 0 radical (unpaired) electrons. The number of benzene rings is 2. The van der Waals surface area contributed by atoms with E-state index in [-0.39, 0.29) is 17.6 Å². The lowest BCUT2D eigenvalue weighted by Crippen LogP contribution is -2.36. The molecule has 128 valence electrons. The van der Waals surface area contributed by atoms with E-state index in [4.69, 9.17) is 0 Å². The molecule has 0 amide bonds. The Kier molecular flexibility index (Phi) is 5.59. The SMILES string of the molecule is O[C@H](c1ccc(F)cc1)C1CCN(CCc2ccc(F)cc2)CC1. The summed E-state index contributed by atoms with van der Waals surface area (Å²) in [6.45, 7) is 2.85. The molecule has 1 saturated heterocycles. The molecule has 1 fully saturated rings. The topological polar surface area (TPSA) is 23.5 Å². The minimum absolute atomic E-state index is 0.200. The fourth-order valence-corrected chi connectivity index (χ4v) is 3.36. The van der Waals surface area contributed by atoms with Crippen LogP contribution in [-0.2, 0) is 6.42 Å². The molecule has 1 N–H and O–H groups in total. The maximum atomic E-state index is 13.0. The van der Waals surface area contributed by atoms with Gasteiger partial charge in [-0.1, -0.05) is 24.3 Å². The summed E-state index contributed by atoms with van der Waals surface area (Å²) in [6.07, 6.45) is 2.25. The van der Waals surface area contributed by atoms with Crippen LogP contribution in [0.1, 0.15) is 30.1 Å². The third-order valence-corrected chi connectivity index (χ3v) is 4.92. The highest BCUT2D eigenvalue weighted by atomic mass is 19.1. The second kappa shape index (κ2) is 7.86. The highest BCUT2D eigenvalue weighted by molar-refractivity contribution is 5.19. The quantitative estimate of drug-likeness (QED) is 0.897. The Morgan fingerprint density at radius 3 is 2.04 bits per heavy atom. The molecule has 2 nitrogen and oxygen atoms in total. The normalized spacial score (nSPS) is 17.8. The summed E-state index contributed by atoms with van der Waals surface area (Å²) in [7, 11) is 0. The summed E-state index contributed by atoms with van der Waals surface area (Å²) < 4.78 is 25.9. The van der Waals surface area contributed by atoms with Crippen LogP contribution in [0.4, 0.5) is 8.78 Å². The van der Waals surface area contributed by atoms with Crippen LogP contribution in [0.3, 0.4) is 0 Å². The maximum Gasteiger partial charge on any atom is 0.123 e. The van der Waals surface area contributed by atoms with E-state index in [9.17, 15) is 13.9 Å². The largest absolute Gasteiger partial charge is 0.388 e. The predicted octanol–water partition coefficient (Wildman–Crippen LogP) is 3.95. The van der Waals surface area contributed by atoms with E-state index in [0.29, 0.717) is 0 Å². The third kappa shape index (κ3) is 4.40. The van der Waals surface area contributed by atoms with Crippen LogP contribution in [0.25, 0.3) is 0 Å². The van der Waals surface area contributed by atoms with Gasteiger partial charge in [0.2, 0.25) is 0 Å². The van der Waals surface area contributed by atoms with Crippen LogP contribution >= 0.6 is 0 Å². The molecule has 0 spiro atoms. The summed E-state index contributed by atoms with van der Waals surface area (Å²) in [5.74, 6) is -0.256. The predicted molar refractivity (Wildman–Crippen MR) is 90.6 cm³/mol. The first-order valence-corrected chi connectivity index (χ1v) is 8.52. The van der Waals surface area contributed by atoms with Gasteiger partial charge in [0.25, 0.3) is 0 Å². The number of aliphatic hydroxyl groups excluding tert-OH is 1. The van der Waals surface area contributed by atoms with E-state index >= 15 is 0 Å². The first-order valence-electron chi connectivity index (χ1n) is 8.52. The zero-order chi connectivity index (χ0) is 16.9.